The highest BCUT2D eigenvalue weighted by atomic mass is 32.1. The van der Waals surface area contributed by atoms with Crippen molar-refractivity contribution in [3.05, 3.63) is 51.1 Å². The number of hydrogen-bond donors (Lipinski definition) is 0. The van der Waals surface area contributed by atoms with Gasteiger partial charge in [-0.1, -0.05) is 19.1 Å². The van der Waals surface area contributed by atoms with Crippen LogP contribution in [0.1, 0.15) is 37.0 Å². The van der Waals surface area contributed by atoms with Crippen molar-refractivity contribution in [2.24, 2.45) is 0 Å². The van der Waals surface area contributed by atoms with Crippen LogP contribution in [0.25, 0.3) is 21.3 Å². The minimum atomic E-state index is -0.780. The first kappa shape index (κ1) is 22.1. The summed E-state index contributed by atoms with van der Waals surface area (Å²) >= 11 is 1.41. The van der Waals surface area contributed by atoms with Gasteiger partial charge in [-0.3, -0.25) is 9.36 Å². The fourth-order valence-corrected chi connectivity index (χ4v) is 4.58. The molecule has 0 fully saturated rings. The number of fused-ring (bicyclic) bond motifs is 1. The number of carbonyl (C=O) groups excluding carboxylic acids is 1. The molecule has 30 heavy (non-hydrogen) atoms. The quantitative estimate of drug-likeness (QED) is 0.389. The molecule has 0 bridgehead atoms. The number of aryl methyl sites for hydroxylation is 2. The highest BCUT2D eigenvalue weighted by Crippen LogP contribution is 2.36. The average molecular weight is 433 g/mol. The van der Waals surface area contributed by atoms with Crippen LogP contribution < -0.4 is 5.56 Å². The van der Waals surface area contributed by atoms with Crippen LogP contribution in [0.15, 0.2) is 29.1 Å². The van der Waals surface area contributed by atoms with Gasteiger partial charge in [0.1, 0.15) is 29.1 Å². The zero-order chi connectivity index (χ0) is 21.8. The number of ether oxygens (including phenoxy) is 2. The van der Waals surface area contributed by atoms with Crippen molar-refractivity contribution < 1.29 is 18.7 Å². The summed E-state index contributed by atoms with van der Waals surface area (Å²) in [6, 6.07) is 5.24. The van der Waals surface area contributed by atoms with E-state index in [9.17, 15) is 14.0 Å². The van der Waals surface area contributed by atoms with E-state index in [1.165, 1.54) is 28.0 Å². The largest absolute Gasteiger partial charge is 0.462 e. The van der Waals surface area contributed by atoms with E-state index in [0.29, 0.717) is 35.7 Å². The fourth-order valence-electron chi connectivity index (χ4n) is 3.50. The summed E-state index contributed by atoms with van der Waals surface area (Å²) in [4.78, 5) is 32.3. The summed E-state index contributed by atoms with van der Waals surface area (Å²) in [5, 5.41) is 0.440. The lowest BCUT2D eigenvalue weighted by Gasteiger charge is -2.19. The summed E-state index contributed by atoms with van der Waals surface area (Å²) in [5.74, 6) is -0.380. The molecule has 1 atom stereocenters. The molecule has 3 rings (SSSR count). The maximum Gasteiger partial charge on any atom is 0.329 e. The summed E-state index contributed by atoms with van der Waals surface area (Å²) in [7, 11) is 0. The van der Waals surface area contributed by atoms with E-state index >= 15 is 0 Å². The molecule has 0 aliphatic carbocycles. The number of aromatic nitrogens is 2. The number of thiophene rings is 1. The maximum absolute atomic E-state index is 13.5. The normalized spacial score (nSPS) is 12.3. The molecule has 1 unspecified atom stereocenters. The van der Waals surface area contributed by atoms with Crippen LogP contribution in [0.4, 0.5) is 4.39 Å². The topological polar surface area (TPSA) is 70.4 Å². The summed E-state index contributed by atoms with van der Waals surface area (Å²) in [6.07, 6.45) is 0.385. The lowest BCUT2D eigenvalue weighted by atomic mass is 10.0. The molecule has 0 aliphatic heterocycles. The van der Waals surface area contributed by atoms with Crippen molar-refractivity contribution in [1.29, 1.82) is 0 Å². The molecule has 3 aromatic rings. The molecular weight excluding hydrogens is 407 g/mol. The molecule has 1 aromatic carbocycles. The van der Waals surface area contributed by atoms with E-state index in [-0.39, 0.29) is 18.0 Å². The second kappa shape index (κ2) is 9.49. The summed E-state index contributed by atoms with van der Waals surface area (Å²) in [5.41, 5.74) is 1.16. The van der Waals surface area contributed by atoms with E-state index in [4.69, 9.17) is 9.47 Å². The summed E-state index contributed by atoms with van der Waals surface area (Å²) in [6.45, 7) is 8.28. The Morgan fingerprint density at radius 3 is 2.53 bits per heavy atom. The van der Waals surface area contributed by atoms with Gasteiger partial charge >= 0.3 is 5.97 Å². The first-order valence-corrected chi connectivity index (χ1v) is 10.7. The standard InChI is InChI=1S/C22H25FN2O4S/c1-5-17(22(27)29-12-11-28-6-2)25-14(4)24-20-19(21(25)26)18(13(3)30-20)15-7-9-16(23)10-8-15/h7-10,17H,5-6,11-12H2,1-4H3. The van der Waals surface area contributed by atoms with Gasteiger partial charge in [-0.25, -0.2) is 14.2 Å². The van der Waals surface area contributed by atoms with E-state index in [1.807, 2.05) is 20.8 Å². The van der Waals surface area contributed by atoms with Gasteiger partial charge in [0, 0.05) is 17.0 Å². The van der Waals surface area contributed by atoms with Gasteiger partial charge in [0.15, 0.2) is 0 Å². The zero-order valence-electron chi connectivity index (χ0n) is 17.5. The minimum Gasteiger partial charge on any atom is -0.462 e. The highest BCUT2D eigenvalue weighted by molar-refractivity contribution is 7.19. The first-order chi connectivity index (χ1) is 14.4. The highest BCUT2D eigenvalue weighted by Gasteiger charge is 2.26. The Morgan fingerprint density at radius 1 is 1.20 bits per heavy atom. The third kappa shape index (κ3) is 4.29. The van der Waals surface area contributed by atoms with Crippen LogP contribution in [-0.4, -0.2) is 35.3 Å². The Balaban J connectivity index is 2.09. The molecule has 160 valence electrons. The third-order valence-electron chi connectivity index (χ3n) is 4.89. The third-order valence-corrected chi connectivity index (χ3v) is 5.89. The number of rotatable bonds is 8. The molecule has 2 heterocycles. The Labute approximate surface area is 178 Å². The van der Waals surface area contributed by atoms with Gasteiger partial charge < -0.3 is 9.47 Å². The first-order valence-electron chi connectivity index (χ1n) is 9.91. The fraction of sp³-hybridized carbons (Fsp3) is 0.409. The van der Waals surface area contributed by atoms with Gasteiger partial charge in [0.25, 0.3) is 5.56 Å². The second-order valence-electron chi connectivity index (χ2n) is 6.84. The molecule has 0 N–H and O–H groups in total. The number of hydrogen-bond acceptors (Lipinski definition) is 6. The van der Waals surface area contributed by atoms with Crippen LogP contribution in [0.2, 0.25) is 0 Å². The number of esters is 1. The maximum atomic E-state index is 13.5. The van der Waals surface area contributed by atoms with Gasteiger partial charge in [-0.15, -0.1) is 11.3 Å². The molecule has 0 saturated carbocycles. The second-order valence-corrected chi connectivity index (χ2v) is 8.05. The Bertz CT molecular complexity index is 1110. The number of carbonyl (C=O) groups is 1. The van der Waals surface area contributed by atoms with E-state index in [1.54, 1.807) is 19.1 Å². The Morgan fingerprint density at radius 2 is 1.90 bits per heavy atom. The lowest BCUT2D eigenvalue weighted by molar-refractivity contribution is -0.149. The molecular formula is C22H25FN2O4S. The molecule has 0 saturated heterocycles. The van der Waals surface area contributed by atoms with Crippen LogP contribution in [-0.2, 0) is 14.3 Å². The van der Waals surface area contributed by atoms with Crippen molar-refractivity contribution in [3.8, 4) is 11.1 Å². The Hall–Kier alpha value is -2.58. The summed E-state index contributed by atoms with van der Waals surface area (Å²) < 4.78 is 25.3. The molecule has 0 spiro atoms. The van der Waals surface area contributed by atoms with Crippen molar-refractivity contribution in [2.75, 3.05) is 19.8 Å². The molecule has 2 aromatic heterocycles. The smallest absolute Gasteiger partial charge is 0.329 e. The van der Waals surface area contributed by atoms with Crippen LogP contribution in [0.3, 0.4) is 0 Å². The monoisotopic (exact) mass is 432 g/mol. The van der Waals surface area contributed by atoms with Crippen molar-refractivity contribution in [1.82, 2.24) is 9.55 Å². The predicted octanol–water partition coefficient (Wildman–Crippen LogP) is 4.41. The van der Waals surface area contributed by atoms with Crippen LogP contribution >= 0.6 is 11.3 Å². The number of benzene rings is 1. The number of nitrogens with zero attached hydrogens (tertiary/aromatic N) is 2. The predicted molar refractivity (Wildman–Crippen MR) is 116 cm³/mol. The number of halogens is 1. The van der Waals surface area contributed by atoms with Crippen LogP contribution in [0, 0.1) is 19.7 Å². The average Bonchev–Trinajstić information content (AvgIpc) is 3.04. The zero-order valence-corrected chi connectivity index (χ0v) is 18.3. The van der Waals surface area contributed by atoms with E-state index in [0.717, 1.165) is 16.0 Å². The van der Waals surface area contributed by atoms with Gasteiger partial charge in [0.2, 0.25) is 0 Å². The minimum absolute atomic E-state index is 0.130. The van der Waals surface area contributed by atoms with Crippen LogP contribution in [0.5, 0.6) is 0 Å². The Kier molecular flexibility index (Phi) is 6.99. The molecule has 0 amide bonds. The molecule has 0 aliphatic rings. The van der Waals surface area contributed by atoms with Gasteiger partial charge in [-0.2, -0.15) is 0 Å². The molecule has 0 radical (unpaired) electrons. The van der Waals surface area contributed by atoms with Crippen molar-refractivity contribution >= 4 is 27.5 Å². The molecule has 6 nitrogen and oxygen atoms in total. The lowest BCUT2D eigenvalue weighted by Crippen LogP contribution is -2.33. The van der Waals surface area contributed by atoms with Gasteiger partial charge in [-0.05, 0) is 44.9 Å². The van der Waals surface area contributed by atoms with E-state index < -0.39 is 12.0 Å². The van der Waals surface area contributed by atoms with E-state index in [2.05, 4.69) is 4.98 Å². The van der Waals surface area contributed by atoms with Crippen molar-refractivity contribution in [2.45, 2.75) is 40.2 Å². The molecule has 8 heteroatoms. The van der Waals surface area contributed by atoms with Crippen molar-refractivity contribution in [3.63, 3.8) is 0 Å². The SMILES string of the molecule is CCOCCOC(=O)C(CC)n1c(C)nc2sc(C)c(-c3ccc(F)cc3)c2c1=O. The van der Waals surface area contributed by atoms with Gasteiger partial charge in [0.05, 0.1) is 12.0 Å².